The second-order valence-electron chi connectivity index (χ2n) is 15.9. The van der Waals surface area contributed by atoms with Gasteiger partial charge in [0.1, 0.15) is 28.3 Å². The fraction of sp³-hybridized carbons (Fsp3) is 0.575. The molecule has 1 saturated heterocycles. The van der Waals surface area contributed by atoms with Gasteiger partial charge in [0.15, 0.2) is 5.78 Å². The van der Waals surface area contributed by atoms with Crippen molar-refractivity contribution in [2.45, 2.75) is 121 Å². The summed E-state index contributed by atoms with van der Waals surface area (Å²) in [6.45, 7) is 8.01. The normalized spacial score (nSPS) is 26.7. The van der Waals surface area contributed by atoms with E-state index >= 15 is 0 Å². The highest BCUT2D eigenvalue weighted by Crippen LogP contribution is 2.57. The summed E-state index contributed by atoms with van der Waals surface area (Å²) in [5, 5.41) is 3.59. The van der Waals surface area contributed by atoms with E-state index in [-0.39, 0.29) is 42.9 Å². The molecule has 0 spiro atoms. The van der Waals surface area contributed by atoms with E-state index in [0.29, 0.717) is 48.4 Å². The van der Waals surface area contributed by atoms with Gasteiger partial charge in [-0.25, -0.2) is 18.4 Å². The number of Topliss-reactive ketones (excluding diaryl/α,β-unsaturated/α-hetero) is 1. The molecular weight excluding hydrogens is 713 g/mol. The Morgan fingerprint density at radius 2 is 1.87 bits per heavy atom. The minimum absolute atomic E-state index is 0.109. The third-order valence-electron chi connectivity index (χ3n) is 11.7. The lowest BCUT2D eigenvalue weighted by atomic mass is 9.91. The van der Waals surface area contributed by atoms with Gasteiger partial charge in [-0.1, -0.05) is 38.8 Å². The van der Waals surface area contributed by atoms with E-state index in [1.54, 1.807) is 18.9 Å². The molecule has 1 N–H and O–H groups in total. The number of hydrogen-bond acceptors (Lipinski definition) is 10. The van der Waals surface area contributed by atoms with E-state index in [9.17, 15) is 22.8 Å². The minimum Gasteiger partial charge on any atom is -0.496 e. The molecule has 13 heteroatoms. The van der Waals surface area contributed by atoms with Crippen molar-refractivity contribution in [1.82, 2.24) is 19.6 Å². The molecular formula is C40H50N4O7S2. The lowest BCUT2D eigenvalue weighted by Gasteiger charge is -2.25. The molecule has 4 aliphatic rings. The van der Waals surface area contributed by atoms with Gasteiger partial charge in [-0.2, -0.15) is 0 Å². The standard InChI is InChI=1S/C40H50N4O7S2/c1-24(2)30-23-52-37(42-30)29-19-34(28-14-15-33(50-5)25(3)36(28)41-29)51-27-18-31-32(45)21-40(38(47)43-53(48,49)39(4)16-17-39)20-26(40)12-10-8-6-7-9-11-13-35(46)44(31)22-27/h10,12,14-15,19,23-24,26-27,31H,6-9,11,13,16-18,20-22H2,1-5H3,(H,43,47)/b12-10-/t26-,27+,31-,40+/m0/s1. The number of sulfonamides is 1. The van der Waals surface area contributed by atoms with Crippen LogP contribution < -0.4 is 14.2 Å². The molecule has 0 bridgehead atoms. The molecule has 4 heterocycles. The fourth-order valence-electron chi connectivity index (χ4n) is 7.77. The maximum Gasteiger partial charge on any atom is 0.240 e. The zero-order valence-corrected chi connectivity index (χ0v) is 32.9. The van der Waals surface area contributed by atoms with E-state index in [2.05, 4.69) is 24.6 Å². The van der Waals surface area contributed by atoms with Crippen LogP contribution in [0.5, 0.6) is 11.5 Å². The van der Waals surface area contributed by atoms with Crippen LogP contribution in [0.1, 0.15) is 109 Å². The van der Waals surface area contributed by atoms with Gasteiger partial charge in [0, 0.05) is 41.7 Å². The first kappa shape index (κ1) is 37.5. The van der Waals surface area contributed by atoms with Gasteiger partial charge in [0.2, 0.25) is 21.8 Å². The average molecular weight is 763 g/mol. The number of carbonyl (C=O) groups excluding carboxylic acids is 3. The first-order valence-electron chi connectivity index (χ1n) is 18.9. The second-order valence-corrected chi connectivity index (χ2v) is 19.0. The molecule has 2 aliphatic carbocycles. The van der Waals surface area contributed by atoms with E-state index < -0.39 is 38.2 Å². The summed E-state index contributed by atoms with van der Waals surface area (Å²) >= 11 is 1.52. The summed E-state index contributed by atoms with van der Waals surface area (Å²) < 4.78 is 40.1. The Morgan fingerprint density at radius 3 is 2.58 bits per heavy atom. The van der Waals surface area contributed by atoms with Crippen molar-refractivity contribution in [3.63, 3.8) is 0 Å². The summed E-state index contributed by atoms with van der Waals surface area (Å²) in [5.41, 5.74) is 2.05. The predicted octanol–water partition coefficient (Wildman–Crippen LogP) is 7.02. The molecule has 11 nitrogen and oxygen atoms in total. The highest BCUT2D eigenvalue weighted by molar-refractivity contribution is 7.91. The Bertz CT molecular complexity index is 2070. The molecule has 2 amide bonds. The second kappa shape index (κ2) is 14.4. The molecule has 2 saturated carbocycles. The van der Waals surface area contributed by atoms with Crippen LogP contribution in [0.4, 0.5) is 0 Å². The van der Waals surface area contributed by atoms with Crippen molar-refractivity contribution >= 4 is 49.9 Å². The van der Waals surface area contributed by atoms with E-state index in [1.165, 1.54) is 11.3 Å². The van der Waals surface area contributed by atoms with Crippen molar-refractivity contribution < 1.29 is 32.3 Å². The van der Waals surface area contributed by atoms with Crippen LogP contribution in [0.25, 0.3) is 21.6 Å². The van der Waals surface area contributed by atoms with Crippen molar-refractivity contribution in [2.24, 2.45) is 11.3 Å². The summed E-state index contributed by atoms with van der Waals surface area (Å²) in [4.78, 5) is 53.6. The van der Waals surface area contributed by atoms with Crippen LogP contribution in [-0.2, 0) is 24.4 Å². The zero-order chi connectivity index (χ0) is 37.7. The number of hydrogen-bond donors (Lipinski definition) is 1. The van der Waals surface area contributed by atoms with E-state index in [4.69, 9.17) is 19.4 Å². The van der Waals surface area contributed by atoms with Gasteiger partial charge >= 0.3 is 0 Å². The van der Waals surface area contributed by atoms with E-state index in [1.807, 2.05) is 36.6 Å². The minimum atomic E-state index is -3.89. The third-order valence-corrected chi connectivity index (χ3v) is 14.8. The quantitative estimate of drug-likeness (QED) is 0.239. The number of fused-ring (bicyclic) bond motifs is 3. The maximum atomic E-state index is 14.4. The Balaban J connectivity index is 1.20. The largest absolute Gasteiger partial charge is 0.496 e. The average Bonchev–Trinajstić information content (AvgIpc) is 3.89. The van der Waals surface area contributed by atoms with E-state index in [0.717, 1.165) is 53.8 Å². The van der Waals surface area contributed by atoms with Crippen LogP contribution in [0.2, 0.25) is 0 Å². The summed E-state index contributed by atoms with van der Waals surface area (Å²) in [5.74, 6) is 0.310. The number of thiazole rings is 1. The molecule has 0 unspecified atom stereocenters. The van der Waals surface area contributed by atoms with Gasteiger partial charge in [0.05, 0.1) is 41.1 Å². The SMILES string of the molecule is COc1ccc2c(O[C@@H]3C[C@H]4C(=O)C[C@]5(C(=O)NS(=O)(=O)C6(C)CC6)C[C@@H]5/C=C\CCCCCCC(=O)N4C3)cc(-c3nc(C(C)C)cs3)nc2c1C. The molecule has 284 valence electrons. The van der Waals surface area contributed by atoms with Crippen LogP contribution >= 0.6 is 11.3 Å². The van der Waals surface area contributed by atoms with Crippen LogP contribution in [0.15, 0.2) is 35.7 Å². The molecule has 1 aromatic carbocycles. The molecule has 3 aromatic rings. The molecule has 4 atom stereocenters. The monoisotopic (exact) mass is 762 g/mol. The Labute approximate surface area is 316 Å². The summed E-state index contributed by atoms with van der Waals surface area (Å²) in [6, 6.07) is 4.88. The Morgan fingerprint density at radius 1 is 1.09 bits per heavy atom. The molecule has 2 aliphatic heterocycles. The third kappa shape index (κ3) is 7.35. The van der Waals surface area contributed by atoms with Gasteiger partial charge in [0.25, 0.3) is 0 Å². The number of methoxy groups -OCH3 is 1. The number of nitrogens with one attached hydrogen (secondary N) is 1. The summed E-state index contributed by atoms with van der Waals surface area (Å²) in [7, 11) is -2.26. The smallest absolute Gasteiger partial charge is 0.240 e. The van der Waals surface area contributed by atoms with Crippen molar-refractivity contribution in [3.8, 4) is 22.2 Å². The lowest BCUT2D eigenvalue weighted by molar-refractivity contribution is -0.139. The van der Waals surface area contributed by atoms with Gasteiger partial charge in [-0.05, 0) is 76.3 Å². The number of rotatable bonds is 8. The first-order valence-corrected chi connectivity index (χ1v) is 21.3. The number of aromatic nitrogens is 2. The highest BCUT2D eigenvalue weighted by Gasteiger charge is 2.62. The molecule has 7 rings (SSSR count). The van der Waals surface area contributed by atoms with Crippen molar-refractivity contribution in [2.75, 3.05) is 13.7 Å². The first-order chi connectivity index (χ1) is 25.2. The number of ketones is 1. The van der Waals surface area contributed by atoms with Crippen molar-refractivity contribution in [3.05, 3.63) is 47.0 Å². The predicted molar refractivity (Wildman–Crippen MR) is 204 cm³/mol. The molecule has 0 radical (unpaired) electrons. The number of carbonyl (C=O) groups is 3. The van der Waals surface area contributed by atoms with Crippen molar-refractivity contribution in [1.29, 1.82) is 0 Å². The number of benzene rings is 1. The number of aryl methyl sites for hydroxylation is 1. The summed E-state index contributed by atoms with van der Waals surface area (Å²) in [6.07, 6.45) is 9.72. The fourth-order valence-corrected chi connectivity index (χ4v) is 10.0. The number of nitrogens with zero attached hydrogens (tertiary/aromatic N) is 3. The van der Waals surface area contributed by atoms with Crippen LogP contribution in [0, 0.1) is 18.3 Å². The number of pyridine rings is 1. The zero-order valence-electron chi connectivity index (χ0n) is 31.3. The Hall–Kier alpha value is -3.84. The highest BCUT2D eigenvalue weighted by atomic mass is 32.2. The molecule has 3 fully saturated rings. The number of allylic oxidation sites excluding steroid dienone is 2. The Kier molecular flexibility index (Phi) is 10.2. The van der Waals surface area contributed by atoms with Gasteiger partial charge < -0.3 is 14.4 Å². The lowest BCUT2D eigenvalue weighted by Crippen LogP contribution is -2.46. The van der Waals surface area contributed by atoms with Crippen LogP contribution in [-0.4, -0.2) is 71.4 Å². The van der Waals surface area contributed by atoms with Gasteiger partial charge in [-0.3, -0.25) is 19.1 Å². The van der Waals surface area contributed by atoms with Gasteiger partial charge in [-0.15, -0.1) is 11.3 Å². The molecule has 53 heavy (non-hydrogen) atoms. The maximum absolute atomic E-state index is 14.4. The van der Waals surface area contributed by atoms with Crippen LogP contribution in [0.3, 0.4) is 0 Å². The topological polar surface area (TPSA) is 145 Å². The number of amides is 2. The number of ether oxygens (including phenoxy) is 2. The molecule has 2 aromatic heterocycles.